The average Bonchev–Trinajstić information content (AvgIpc) is 2.43. The van der Waals surface area contributed by atoms with Crippen molar-refractivity contribution in [1.82, 2.24) is 9.78 Å². The molecule has 1 N–H and O–H groups in total. The van der Waals surface area contributed by atoms with Crippen molar-refractivity contribution >= 4 is 0 Å². The molecule has 1 heterocycles. The van der Waals surface area contributed by atoms with Crippen LogP contribution in [0, 0.1) is 27.7 Å². The summed E-state index contributed by atoms with van der Waals surface area (Å²) in [5.74, 6) is 0. The van der Waals surface area contributed by atoms with E-state index in [0.717, 1.165) is 22.5 Å². The largest absolute Gasteiger partial charge is 0.295 e. The van der Waals surface area contributed by atoms with Gasteiger partial charge in [0, 0.05) is 11.8 Å². The molecule has 0 unspecified atom stereocenters. The van der Waals surface area contributed by atoms with E-state index in [0.29, 0.717) is 0 Å². The number of rotatable bonds is 1. The summed E-state index contributed by atoms with van der Waals surface area (Å²) in [5, 5.41) is 3.07. The van der Waals surface area contributed by atoms with E-state index in [1.807, 2.05) is 20.8 Å². The van der Waals surface area contributed by atoms with Crippen LogP contribution in [-0.2, 0) is 0 Å². The fraction of sp³-hybridized carbons (Fsp3) is 0.308. The van der Waals surface area contributed by atoms with E-state index in [1.54, 1.807) is 10.7 Å². The molecule has 0 fully saturated rings. The number of hydrogen-bond acceptors (Lipinski definition) is 1. The summed E-state index contributed by atoms with van der Waals surface area (Å²) in [6, 6.07) is 5.79. The maximum atomic E-state index is 11.8. The number of aromatic amines is 1. The summed E-state index contributed by atoms with van der Waals surface area (Å²) in [6.45, 7) is 8.00. The second-order valence-electron chi connectivity index (χ2n) is 4.36. The molecule has 2 aromatic rings. The Morgan fingerprint density at radius 3 is 2.00 bits per heavy atom. The lowest BCUT2D eigenvalue weighted by atomic mass is 10.1. The minimum atomic E-state index is -0.00690. The van der Waals surface area contributed by atoms with Gasteiger partial charge in [-0.1, -0.05) is 17.7 Å². The van der Waals surface area contributed by atoms with E-state index >= 15 is 0 Å². The monoisotopic (exact) mass is 216 g/mol. The second kappa shape index (κ2) is 3.67. The molecule has 16 heavy (non-hydrogen) atoms. The molecule has 0 amide bonds. The fourth-order valence-corrected chi connectivity index (χ4v) is 2.20. The maximum absolute atomic E-state index is 11.8. The van der Waals surface area contributed by atoms with Crippen LogP contribution in [0.4, 0.5) is 0 Å². The minimum absolute atomic E-state index is 0.00690. The standard InChI is InChI=1S/C13H16N2O/c1-8-5-9(2)13(10(3)6-8)15-12(16)7-11(4)14-15/h5-7,14H,1-4H3. The number of aryl methyl sites for hydroxylation is 4. The Hall–Kier alpha value is -1.77. The number of hydrogen-bond donors (Lipinski definition) is 1. The number of aromatic nitrogens is 2. The maximum Gasteiger partial charge on any atom is 0.271 e. The van der Waals surface area contributed by atoms with E-state index in [9.17, 15) is 4.79 Å². The van der Waals surface area contributed by atoms with Crippen LogP contribution in [0.1, 0.15) is 22.4 Å². The topological polar surface area (TPSA) is 37.8 Å². The molecule has 3 heteroatoms. The zero-order valence-electron chi connectivity index (χ0n) is 10.1. The molecule has 1 aromatic carbocycles. The summed E-state index contributed by atoms with van der Waals surface area (Å²) in [4.78, 5) is 11.8. The number of nitrogens with one attached hydrogen (secondary N) is 1. The second-order valence-corrected chi connectivity index (χ2v) is 4.36. The number of nitrogens with zero attached hydrogens (tertiary/aromatic N) is 1. The third kappa shape index (κ3) is 1.69. The Morgan fingerprint density at radius 2 is 1.56 bits per heavy atom. The highest BCUT2D eigenvalue weighted by molar-refractivity contribution is 5.48. The van der Waals surface area contributed by atoms with Crippen LogP contribution in [0.25, 0.3) is 5.69 Å². The fourth-order valence-electron chi connectivity index (χ4n) is 2.20. The average molecular weight is 216 g/mol. The predicted molar refractivity (Wildman–Crippen MR) is 65.3 cm³/mol. The van der Waals surface area contributed by atoms with Gasteiger partial charge in [0.2, 0.25) is 0 Å². The molecule has 2 rings (SSSR count). The molecule has 0 saturated heterocycles. The molecule has 0 spiro atoms. The molecule has 0 radical (unpaired) electrons. The molecule has 0 bridgehead atoms. The Labute approximate surface area is 94.7 Å². The Bertz CT molecular complexity index is 567. The van der Waals surface area contributed by atoms with Crippen LogP contribution in [0.2, 0.25) is 0 Å². The van der Waals surface area contributed by atoms with Crippen LogP contribution in [0.15, 0.2) is 23.0 Å². The quantitative estimate of drug-likeness (QED) is 0.781. The highest BCUT2D eigenvalue weighted by Gasteiger charge is 2.09. The van der Waals surface area contributed by atoms with Crippen molar-refractivity contribution in [3.05, 3.63) is 50.9 Å². The van der Waals surface area contributed by atoms with E-state index in [1.165, 1.54) is 5.56 Å². The molecule has 0 saturated carbocycles. The highest BCUT2D eigenvalue weighted by Crippen LogP contribution is 2.18. The van der Waals surface area contributed by atoms with Crippen LogP contribution in [0.3, 0.4) is 0 Å². The summed E-state index contributed by atoms with van der Waals surface area (Å²) in [7, 11) is 0. The molecular formula is C13H16N2O. The molecule has 3 nitrogen and oxygen atoms in total. The first kappa shape index (κ1) is 10.7. The van der Waals surface area contributed by atoms with Gasteiger partial charge in [0.1, 0.15) is 0 Å². The zero-order valence-corrected chi connectivity index (χ0v) is 10.1. The Morgan fingerprint density at radius 1 is 1.00 bits per heavy atom. The molecule has 84 valence electrons. The lowest BCUT2D eigenvalue weighted by molar-refractivity contribution is 0.822. The third-order valence-corrected chi connectivity index (χ3v) is 2.71. The van der Waals surface area contributed by atoms with Gasteiger partial charge in [-0.05, 0) is 38.8 Å². The van der Waals surface area contributed by atoms with Gasteiger partial charge in [-0.2, -0.15) is 0 Å². The van der Waals surface area contributed by atoms with Gasteiger partial charge in [-0.15, -0.1) is 0 Å². The predicted octanol–water partition coefficient (Wildman–Crippen LogP) is 2.40. The molecule has 1 aromatic heterocycles. The Kier molecular flexibility index (Phi) is 2.46. The molecular weight excluding hydrogens is 200 g/mol. The summed E-state index contributed by atoms with van der Waals surface area (Å²) < 4.78 is 1.61. The number of H-pyrrole nitrogens is 1. The zero-order chi connectivity index (χ0) is 11.9. The highest BCUT2D eigenvalue weighted by atomic mass is 16.1. The van der Waals surface area contributed by atoms with Gasteiger partial charge in [-0.3, -0.25) is 9.89 Å². The van der Waals surface area contributed by atoms with Crippen LogP contribution < -0.4 is 5.56 Å². The van der Waals surface area contributed by atoms with E-state index in [4.69, 9.17) is 0 Å². The van der Waals surface area contributed by atoms with Crippen LogP contribution in [-0.4, -0.2) is 9.78 Å². The third-order valence-electron chi connectivity index (χ3n) is 2.71. The van der Waals surface area contributed by atoms with E-state index in [2.05, 4.69) is 24.2 Å². The van der Waals surface area contributed by atoms with E-state index < -0.39 is 0 Å². The van der Waals surface area contributed by atoms with E-state index in [-0.39, 0.29) is 5.56 Å². The first-order valence-electron chi connectivity index (χ1n) is 5.36. The van der Waals surface area contributed by atoms with Crippen molar-refractivity contribution in [1.29, 1.82) is 0 Å². The van der Waals surface area contributed by atoms with Crippen LogP contribution in [0.5, 0.6) is 0 Å². The molecule has 0 aliphatic heterocycles. The normalized spacial score (nSPS) is 10.8. The summed E-state index contributed by atoms with van der Waals surface area (Å²) in [6.07, 6.45) is 0. The van der Waals surface area contributed by atoms with Gasteiger partial charge in [0.05, 0.1) is 5.69 Å². The van der Waals surface area contributed by atoms with Gasteiger partial charge in [0.15, 0.2) is 0 Å². The van der Waals surface area contributed by atoms with Crippen molar-refractivity contribution in [2.75, 3.05) is 0 Å². The lowest BCUT2D eigenvalue weighted by Gasteiger charge is -2.11. The molecule has 0 aliphatic carbocycles. The van der Waals surface area contributed by atoms with Crippen LogP contribution >= 0.6 is 0 Å². The SMILES string of the molecule is Cc1cc(C)c(-n2[nH]c(C)cc2=O)c(C)c1. The first-order valence-corrected chi connectivity index (χ1v) is 5.36. The Balaban J connectivity index is 2.74. The van der Waals surface area contributed by atoms with Crippen molar-refractivity contribution in [3.63, 3.8) is 0 Å². The van der Waals surface area contributed by atoms with Crippen molar-refractivity contribution in [3.8, 4) is 5.69 Å². The van der Waals surface area contributed by atoms with Gasteiger partial charge in [-0.25, -0.2) is 4.68 Å². The van der Waals surface area contributed by atoms with Crippen molar-refractivity contribution < 1.29 is 0 Å². The van der Waals surface area contributed by atoms with Gasteiger partial charge < -0.3 is 0 Å². The van der Waals surface area contributed by atoms with Crippen molar-refractivity contribution in [2.24, 2.45) is 0 Å². The van der Waals surface area contributed by atoms with Crippen molar-refractivity contribution in [2.45, 2.75) is 27.7 Å². The first-order chi connectivity index (χ1) is 7.49. The number of benzene rings is 1. The minimum Gasteiger partial charge on any atom is -0.295 e. The molecule has 0 aliphatic rings. The van der Waals surface area contributed by atoms with Gasteiger partial charge >= 0.3 is 0 Å². The summed E-state index contributed by atoms with van der Waals surface area (Å²) in [5.41, 5.74) is 5.28. The van der Waals surface area contributed by atoms with Gasteiger partial charge in [0.25, 0.3) is 5.56 Å². The molecule has 0 atom stereocenters. The lowest BCUT2D eigenvalue weighted by Crippen LogP contribution is -2.16. The summed E-state index contributed by atoms with van der Waals surface area (Å²) >= 11 is 0. The smallest absolute Gasteiger partial charge is 0.271 e.